The van der Waals surface area contributed by atoms with Gasteiger partial charge in [0, 0.05) is 3.57 Å². The summed E-state index contributed by atoms with van der Waals surface area (Å²) in [7, 11) is 0. The minimum atomic E-state index is 0.624. The first-order chi connectivity index (χ1) is 7.71. The monoisotopic (exact) mass is 345 g/mol. The molecule has 84 valence electrons. The fourth-order valence-corrected chi connectivity index (χ4v) is 2.12. The Morgan fingerprint density at radius 3 is 2.94 bits per heavy atom. The van der Waals surface area contributed by atoms with Crippen molar-refractivity contribution in [2.45, 2.75) is 13.3 Å². The molecule has 0 bridgehead atoms. The molecule has 0 spiro atoms. The second-order valence-electron chi connectivity index (χ2n) is 2.98. The number of hydrogen-bond acceptors (Lipinski definition) is 3. The number of amidine groups is 1. The number of benzene rings is 1. The van der Waals surface area contributed by atoms with E-state index in [2.05, 4.69) is 45.9 Å². The molecule has 1 rings (SSSR count). The predicted octanol–water partition coefficient (Wildman–Crippen LogP) is 3.27. The SMILES string of the molecule is CCc1cc(I)ccc1N=C(NC#N)SC. The first-order valence-electron chi connectivity index (χ1n) is 4.77. The molecule has 1 aromatic carbocycles. The quantitative estimate of drug-likeness (QED) is 0.294. The summed E-state index contributed by atoms with van der Waals surface area (Å²) in [6.45, 7) is 2.10. The van der Waals surface area contributed by atoms with Crippen LogP contribution in [0.4, 0.5) is 5.69 Å². The van der Waals surface area contributed by atoms with Gasteiger partial charge < -0.3 is 0 Å². The number of nitriles is 1. The third-order valence-electron chi connectivity index (χ3n) is 2.00. The van der Waals surface area contributed by atoms with E-state index in [0.29, 0.717) is 5.17 Å². The van der Waals surface area contributed by atoms with Crippen LogP contribution < -0.4 is 5.32 Å². The topological polar surface area (TPSA) is 48.2 Å². The number of nitrogens with one attached hydrogen (secondary N) is 1. The van der Waals surface area contributed by atoms with Gasteiger partial charge in [0.05, 0.1) is 5.69 Å². The second kappa shape index (κ2) is 6.76. The molecule has 1 aromatic rings. The molecule has 1 N–H and O–H groups in total. The van der Waals surface area contributed by atoms with E-state index in [-0.39, 0.29) is 0 Å². The molecular formula is C11H12IN3S. The normalized spacial score (nSPS) is 11.0. The van der Waals surface area contributed by atoms with Gasteiger partial charge in [-0.3, -0.25) is 5.32 Å². The van der Waals surface area contributed by atoms with Gasteiger partial charge in [-0.25, -0.2) is 4.99 Å². The lowest BCUT2D eigenvalue weighted by atomic mass is 10.1. The summed E-state index contributed by atoms with van der Waals surface area (Å²) in [4.78, 5) is 4.42. The van der Waals surface area contributed by atoms with Crippen molar-refractivity contribution in [2.75, 3.05) is 6.26 Å². The minimum Gasteiger partial charge on any atom is -0.271 e. The van der Waals surface area contributed by atoms with E-state index in [4.69, 9.17) is 5.26 Å². The molecule has 0 saturated heterocycles. The summed E-state index contributed by atoms with van der Waals surface area (Å²) in [5.41, 5.74) is 2.12. The Balaban J connectivity index is 3.08. The van der Waals surface area contributed by atoms with Crippen LogP contribution in [0.1, 0.15) is 12.5 Å². The van der Waals surface area contributed by atoms with Gasteiger partial charge >= 0.3 is 0 Å². The maximum absolute atomic E-state index is 8.56. The average Bonchev–Trinajstić information content (AvgIpc) is 2.30. The van der Waals surface area contributed by atoms with E-state index in [1.807, 2.05) is 24.6 Å². The molecule has 0 aliphatic rings. The fourth-order valence-electron chi connectivity index (χ4n) is 1.23. The van der Waals surface area contributed by atoms with E-state index in [0.717, 1.165) is 12.1 Å². The molecule has 5 heteroatoms. The number of nitrogens with zero attached hydrogens (tertiary/aromatic N) is 2. The predicted molar refractivity (Wildman–Crippen MR) is 77.9 cm³/mol. The second-order valence-corrected chi connectivity index (χ2v) is 5.03. The van der Waals surface area contributed by atoms with Crippen molar-refractivity contribution in [2.24, 2.45) is 4.99 Å². The molecule has 0 heterocycles. The Bertz CT molecular complexity index is 437. The zero-order chi connectivity index (χ0) is 12.0. The molecule has 0 aliphatic carbocycles. The number of halogens is 1. The number of rotatable bonds is 2. The third kappa shape index (κ3) is 3.68. The van der Waals surface area contributed by atoms with Crippen molar-refractivity contribution in [3.8, 4) is 6.19 Å². The zero-order valence-corrected chi connectivity index (χ0v) is 12.1. The highest BCUT2D eigenvalue weighted by molar-refractivity contribution is 14.1. The van der Waals surface area contributed by atoms with Crippen molar-refractivity contribution < 1.29 is 0 Å². The summed E-state index contributed by atoms with van der Waals surface area (Å²) in [5.74, 6) is 0. The van der Waals surface area contributed by atoms with Gasteiger partial charge in [-0.15, -0.1) is 0 Å². The lowest BCUT2D eigenvalue weighted by Gasteiger charge is -2.05. The Morgan fingerprint density at radius 1 is 1.62 bits per heavy atom. The first-order valence-corrected chi connectivity index (χ1v) is 7.07. The van der Waals surface area contributed by atoms with Crippen molar-refractivity contribution in [1.82, 2.24) is 5.32 Å². The molecule has 0 amide bonds. The van der Waals surface area contributed by atoms with Crippen LogP contribution in [0.25, 0.3) is 0 Å². The molecule has 0 unspecified atom stereocenters. The van der Waals surface area contributed by atoms with Crippen LogP contribution in [0.5, 0.6) is 0 Å². The molecular weight excluding hydrogens is 333 g/mol. The molecule has 0 atom stereocenters. The molecule has 16 heavy (non-hydrogen) atoms. The summed E-state index contributed by atoms with van der Waals surface area (Å²) >= 11 is 3.71. The van der Waals surface area contributed by atoms with E-state index >= 15 is 0 Å². The maximum atomic E-state index is 8.56. The van der Waals surface area contributed by atoms with Crippen LogP contribution >= 0.6 is 34.4 Å². The van der Waals surface area contributed by atoms with Gasteiger partial charge in [0.15, 0.2) is 11.4 Å². The average molecular weight is 345 g/mol. The maximum Gasteiger partial charge on any atom is 0.183 e. The van der Waals surface area contributed by atoms with Gasteiger partial charge in [-0.1, -0.05) is 18.7 Å². The van der Waals surface area contributed by atoms with Crippen molar-refractivity contribution >= 4 is 45.2 Å². The molecule has 3 nitrogen and oxygen atoms in total. The Morgan fingerprint density at radius 2 is 2.38 bits per heavy atom. The van der Waals surface area contributed by atoms with E-state index in [1.165, 1.54) is 20.9 Å². The van der Waals surface area contributed by atoms with Crippen molar-refractivity contribution in [3.05, 3.63) is 27.3 Å². The van der Waals surface area contributed by atoms with E-state index in [9.17, 15) is 0 Å². The Labute approximate surface area is 113 Å². The van der Waals surface area contributed by atoms with Crippen LogP contribution in [-0.2, 0) is 6.42 Å². The number of aryl methyl sites for hydroxylation is 1. The fraction of sp³-hybridized carbons (Fsp3) is 0.273. The number of hydrogen-bond donors (Lipinski definition) is 1. The largest absolute Gasteiger partial charge is 0.271 e. The Hall–Kier alpha value is -0.740. The summed E-state index contributed by atoms with van der Waals surface area (Å²) in [5, 5.41) is 11.7. The van der Waals surface area contributed by atoms with Crippen LogP contribution in [-0.4, -0.2) is 11.4 Å². The van der Waals surface area contributed by atoms with Crippen molar-refractivity contribution in [1.29, 1.82) is 5.26 Å². The van der Waals surface area contributed by atoms with Gasteiger partial charge in [-0.2, -0.15) is 5.26 Å². The van der Waals surface area contributed by atoms with Crippen LogP contribution in [0.3, 0.4) is 0 Å². The third-order valence-corrected chi connectivity index (χ3v) is 3.25. The van der Waals surface area contributed by atoms with Gasteiger partial charge in [0.2, 0.25) is 0 Å². The van der Waals surface area contributed by atoms with Gasteiger partial charge in [0.1, 0.15) is 0 Å². The van der Waals surface area contributed by atoms with Gasteiger partial charge in [-0.05, 0) is 59.0 Å². The Kier molecular flexibility index (Phi) is 5.63. The number of aliphatic imine (C=N–C) groups is 1. The standard InChI is InChI=1S/C11H12IN3S/c1-3-8-6-9(12)4-5-10(8)15-11(16-2)14-7-13/h4-6H,3H2,1-2H3,(H,14,15). The van der Waals surface area contributed by atoms with E-state index in [1.54, 1.807) is 0 Å². The molecule has 0 aromatic heterocycles. The molecule has 0 aliphatic heterocycles. The summed E-state index contributed by atoms with van der Waals surface area (Å²) < 4.78 is 1.20. The number of thioether (sulfide) groups is 1. The lowest BCUT2D eigenvalue weighted by Crippen LogP contribution is -2.12. The van der Waals surface area contributed by atoms with Gasteiger partial charge in [0.25, 0.3) is 0 Å². The smallest absolute Gasteiger partial charge is 0.183 e. The van der Waals surface area contributed by atoms with Crippen molar-refractivity contribution in [3.63, 3.8) is 0 Å². The van der Waals surface area contributed by atoms with E-state index < -0.39 is 0 Å². The minimum absolute atomic E-state index is 0.624. The van der Waals surface area contributed by atoms with Crippen LogP contribution in [0, 0.1) is 15.0 Å². The molecule has 0 radical (unpaired) electrons. The summed E-state index contributed by atoms with van der Waals surface area (Å²) in [6.07, 6.45) is 4.71. The zero-order valence-electron chi connectivity index (χ0n) is 9.12. The first kappa shape index (κ1) is 13.3. The summed E-state index contributed by atoms with van der Waals surface area (Å²) in [6, 6.07) is 6.11. The van der Waals surface area contributed by atoms with Crippen LogP contribution in [0.2, 0.25) is 0 Å². The van der Waals surface area contributed by atoms with Crippen LogP contribution in [0.15, 0.2) is 23.2 Å². The molecule has 0 fully saturated rings. The highest BCUT2D eigenvalue weighted by Gasteiger charge is 2.02. The highest BCUT2D eigenvalue weighted by Crippen LogP contribution is 2.23. The lowest BCUT2D eigenvalue weighted by molar-refractivity contribution is 1.13. The highest BCUT2D eigenvalue weighted by atomic mass is 127. The molecule has 0 saturated carbocycles.